The zero-order valence-corrected chi connectivity index (χ0v) is 11.6. The summed E-state index contributed by atoms with van der Waals surface area (Å²) in [5.74, 6) is -0.893. The molecular weight excluding hydrogens is 255 g/mol. The van der Waals surface area contributed by atoms with Crippen LogP contribution in [0.25, 0.3) is 0 Å². The van der Waals surface area contributed by atoms with Crippen LogP contribution in [0.4, 0.5) is 4.39 Å². The van der Waals surface area contributed by atoms with Crippen molar-refractivity contribution in [1.82, 2.24) is 0 Å². The van der Waals surface area contributed by atoms with Crippen LogP contribution >= 0.6 is 0 Å². The van der Waals surface area contributed by atoms with Crippen molar-refractivity contribution in [3.05, 3.63) is 65.5 Å². The third-order valence-corrected chi connectivity index (χ3v) is 3.36. The molecule has 0 saturated carbocycles. The highest BCUT2D eigenvalue weighted by atomic mass is 19.1. The number of rotatable bonds is 5. The van der Waals surface area contributed by atoms with Crippen LogP contribution in [0.15, 0.2) is 48.5 Å². The van der Waals surface area contributed by atoms with Gasteiger partial charge in [0, 0.05) is 5.92 Å². The third-order valence-electron chi connectivity index (χ3n) is 3.36. The molecule has 0 fully saturated rings. The van der Waals surface area contributed by atoms with Crippen molar-refractivity contribution >= 4 is 5.78 Å². The monoisotopic (exact) mass is 272 g/mol. The number of halogens is 1. The van der Waals surface area contributed by atoms with Crippen molar-refractivity contribution in [2.24, 2.45) is 0 Å². The van der Waals surface area contributed by atoms with Crippen LogP contribution in [0.1, 0.15) is 35.2 Å². The molecule has 3 heteroatoms. The zero-order valence-electron chi connectivity index (χ0n) is 11.6. The number of benzene rings is 2. The first-order valence-electron chi connectivity index (χ1n) is 6.60. The van der Waals surface area contributed by atoms with Gasteiger partial charge in [-0.1, -0.05) is 43.3 Å². The molecule has 0 aliphatic carbocycles. The summed E-state index contributed by atoms with van der Waals surface area (Å²) >= 11 is 0. The number of methoxy groups -OCH3 is 1. The lowest BCUT2D eigenvalue weighted by molar-refractivity contribution is 0.0953. The van der Waals surface area contributed by atoms with Crippen molar-refractivity contribution in [1.29, 1.82) is 0 Å². The summed E-state index contributed by atoms with van der Waals surface area (Å²) in [6.07, 6.45) is 0.655. The second-order valence-electron chi connectivity index (χ2n) is 4.56. The van der Waals surface area contributed by atoms with Gasteiger partial charge >= 0.3 is 0 Å². The Hall–Kier alpha value is -2.16. The molecule has 0 aliphatic heterocycles. The van der Waals surface area contributed by atoms with E-state index < -0.39 is 5.82 Å². The third kappa shape index (κ3) is 2.72. The van der Waals surface area contributed by atoms with Gasteiger partial charge in [0.15, 0.2) is 17.3 Å². The summed E-state index contributed by atoms with van der Waals surface area (Å²) in [7, 11) is 1.37. The van der Waals surface area contributed by atoms with Gasteiger partial charge in [-0.05, 0) is 24.1 Å². The van der Waals surface area contributed by atoms with Crippen LogP contribution < -0.4 is 4.74 Å². The van der Waals surface area contributed by atoms with E-state index in [4.69, 9.17) is 4.74 Å². The van der Waals surface area contributed by atoms with Crippen molar-refractivity contribution in [2.75, 3.05) is 7.11 Å². The molecular formula is C17H17FO2. The van der Waals surface area contributed by atoms with E-state index in [2.05, 4.69) is 0 Å². The predicted octanol–water partition coefficient (Wildman–Crippen LogP) is 4.21. The first kappa shape index (κ1) is 14.3. The summed E-state index contributed by atoms with van der Waals surface area (Å²) in [6, 6.07) is 14.0. The Morgan fingerprint density at radius 2 is 1.85 bits per heavy atom. The summed E-state index contributed by atoms with van der Waals surface area (Å²) in [6.45, 7) is 1.95. The molecule has 2 rings (SSSR count). The highest BCUT2D eigenvalue weighted by Crippen LogP contribution is 2.30. The van der Waals surface area contributed by atoms with Gasteiger partial charge in [0.2, 0.25) is 0 Å². The average Bonchev–Trinajstić information content (AvgIpc) is 2.48. The molecule has 0 radical (unpaired) electrons. The summed E-state index contributed by atoms with van der Waals surface area (Å²) in [5.41, 5.74) is 1.23. The Kier molecular flexibility index (Phi) is 4.51. The minimum absolute atomic E-state index is 0.0203. The van der Waals surface area contributed by atoms with Crippen molar-refractivity contribution in [3.8, 4) is 5.75 Å². The van der Waals surface area contributed by atoms with Gasteiger partial charge in [0.1, 0.15) is 0 Å². The smallest absolute Gasteiger partial charge is 0.174 e. The lowest BCUT2D eigenvalue weighted by Gasteiger charge is -2.16. The number of hydrogen-bond donors (Lipinski definition) is 0. The Bertz CT molecular complexity index is 593. The first-order chi connectivity index (χ1) is 9.69. The first-order valence-corrected chi connectivity index (χ1v) is 6.60. The fraction of sp³-hybridized carbons (Fsp3) is 0.235. The molecule has 0 bridgehead atoms. The second-order valence-corrected chi connectivity index (χ2v) is 4.56. The minimum Gasteiger partial charge on any atom is -0.493 e. The number of hydrogen-bond acceptors (Lipinski definition) is 2. The van der Waals surface area contributed by atoms with Crippen LogP contribution in [0.3, 0.4) is 0 Å². The number of para-hydroxylation sites is 1. The molecule has 20 heavy (non-hydrogen) atoms. The largest absolute Gasteiger partial charge is 0.493 e. The Morgan fingerprint density at radius 3 is 2.45 bits per heavy atom. The van der Waals surface area contributed by atoms with Crippen LogP contribution in [-0.4, -0.2) is 12.9 Å². The number of ether oxygens (including phenoxy) is 1. The normalized spacial score (nSPS) is 11.9. The Labute approximate surface area is 118 Å². The molecule has 1 atom stereocenters. The zero-order chi connectivity index (χ0) is 14.5. The molecule has 0 aromatic heterocycles. The number of Topliss-reactive ketones (excluding diaryl/α,β-unsaturated/α-hetero) is 1. The highest BCUT2D eigenvalue weighted by molar-refractivity contribution is 6.03. The van der Waals surface area contributed by atoms with E-state index in [0.29, 0.717) is 12.0 Å². The standard InChI is InChI=1S/C17H17FO2/c1-3-13(12-8-5-4-6-9-12)16(19)14-10-7-11-15(18)17(14)20-2/h4-11,13H,3H2,1-2H3. The fourth-order valence-electron chi connectivity index (χ4n) is 2.36. The van der Waals surface area contributed by atoms with Crippen LogP contribution in [-0.2, 0) is 0 Å². The molecule has 2 nitrogen and oxygen atoms in total. The number of carbonyl (C=O) groups is 1. The molecule has 0 spiro atoms. The second kappa shape index (κ2) is 6.33. The summed E-state index contributed by atoms with van der Waals surface area (Å²) in [5, 5.41) is 0. The lowest BCUT2D eigenvalue weighted by Crippen LogP contribution is -2.14. The number of ketones is 1. The van der Waals surface area contributed by atoms with Gasteiger partial charge in [-0.2, -0.15) is 0 Å². The maximum absolute atomic E-state index is 13.7. The van der Waals surface area contributed by atoms with Crippen LogP contribution in [0.2, 0.25) is 0 Å². The van der Waals surface area contributed by atoms with E-state index >= 15 is 0 Å². The van der Waals surface area contributed by atoms with E-state index in [0.717, 1.165) is 5.56 Å². The number of carbonyl (C=O) groups excluding carboxylic acids is 1. The molecule has 104 valence electrons. The van der Waals surface area contributed by atoms with Gasteiger partial charge in [0.25, 0.3) is 0 Å². The van der Waals surface area contributed by atoms with Crippen LogP contribution in [0.5, 0.6) is 5.75 Å². The Morgan fingerprint density at radius 1 is 1.15 bits per heavy atom. The molecule has 2 aromatic carbocycles. The predicted molar refractivity (Wildman–Crippen MR) is 76.8 cm³/mol. The lowest BCUT2D eigenvalue weighted by atomic mass is 9.88. The van der Waals surface area contributed by atoms with Gasteiger partial charge in [-0.3, -0.25) is 4.79 Å². The molecule has 0 saturated heterocycles. The van der Waals surface area contributed by atoms with Crippen molar-refractivity contribution < 1.29 is 13.9 Å². The molecule has 0 amide bonds. The molecule has 0 aliphatic rings. The summed E-state index contributed by atoms with van der Waals surface area (Å²) in [4.78, 5) is 12.7. The summed E-state index contributed by atoms with van der Waals surface area (Å²) < 4.78 is 18.7. The minimum atomic E-state index is -0.513. The van der Waals surface area contributed by atoms with E-state index in [1.807, 2.05) is 37.3 Å². The van der Waals surface area contributed by atoms with E-state index in [1.54, 1.807) is 6.07 Å². The fourth-order valence-corrected chi connectivity index (χ4v) is 2.36. The van der Waals surface area contributed by atoms with Gasteiger partial charge in [-0.25, -0.2) is 4.39 Å². The Balaban J connectivity index is 2.42. The van der Waals surface area contributed by atoms with Crippen LogP contribution in [0, 0.1) is 5.82 Å². The quantitative estimate of drug-likeness (QED) is 0.762. The average molecular weight is 272 g/mol. The molecule has 1 unspecified atom stereocenters. The molecule has 0 heterocycles. The highest BCUT2D eigenvalue weighted by Gasteiger charge is 2.24. The van der Waals surface area contributed by atoms with E-state index in [1.165, 1.54) is 19.2 Å². The molecule has 0 N–H and O–H groups in total. The van der Waals surface area contributed by atoms with Crippen molar-refractivity contribution in [3.63, 3.8) is 0 Å². The topological polar surface area (TPSA) is 26.3 Å². The maximum atomic E-state index is 13.7. The van der Waals surface area contributed by atoms with Gasteiger partial charge in [0.05, 0.1) is 12.7 Å². The van der Waals surface area contributed by atoms with E-state index in [-0.39, 0.29) is 17.5 Å². The van der Waals surface area contributed by atoms with Gasteiger partial charge in [-0.15, -0.1) is 0 Å². The molecule has 2 aromatic rings. The van der Waals surface area contributed by atoms with Gasteiger partial charge < -0.3 is 4.74 Å². The van der Waals surface area contributed by atoms with Crippen molar-refractivity contribution in [2.45, 2.75) is 19.3 Å². The van der Waals surface area contributed by atoms with E-state index in [9.17, 15) is 9.18 Å². The SMILES string of the molecule is CCC(C(=O)c1cccc(F)c1OC)c1ccccc1. The maximum Gasteiger partial charge on any atom is 0.174 e.